The fourth-order valence-electron chi connectivity index (χ4n) is 2.95. The van der Waals surface area contributed by atoms with Gasteiger partial charge in [0.2, 0.25) is 6.79 Å². The molecule has 2 heterocycles. The summed E-state index contributed by atoms with van der Waals surface area (Å²) in [6, 6.07) is 5.16. The summed E-state index contributed by atoms with van der Waals surface area (Å²) >= 11 is 0. The third-order valence-electron chi connectivity index (χ3n) is 4.37. The zero-order valence-corrected chi connectivity index (χ0v) is 16.1. The van der Waals surface area contributed by atoms with E-state index in [4.69, 9.17) is 14.2 Å². The first-order valence-corrected chi connectivity index (χ1v) is 9.20. The van der Waals surface area contributed by atoms with Gasteiger partial charge in [-0.1, -0.05) is 0 Å². The minimum atomic E-state index is -0.479. The number of piperazine rings is 1. The summed E-state index contributed by atoms with van der Waals surface area (Å²) in [4.78, 5) is 28.3. The topological polar surface area (TPSA) is 80.3 Å². The molecule has 1 fully saturated rings. The van der Waals surface area contributed by atoms with E-state index in [0.717, 1.165) is 19.6 Å². The summed E-state index contributed by atoms with van der Waals surface area (Å²) in [5, 5.41) is 2.92. The number of rotatable bonds is 4. The van der Waals surface area contributed by atoms with Crippen molar-refractivity contribution in [1.82, 2.24) is 15.1 Å². The highest BCUT2D eigenvalue weighted by Gasteiger charge is 2.25. The Morgan fingerprint density at radius 3 is 2.52 bits per heavy atom. The molecule has 0 bridgehead atoms. The van der Waals surface area contributed by atoms with Gasteiger partial charge in [0.25, 0.3) is 5.91 Å². The maximum atomic E-state index is 12.3. The molecule has 8 nitrogen and oxygen atoms in total. The van der Waals surface area contributed by atoms with Crippen molar-refractivity contribution >= 4 is 12.0 Å². The molecule has 8 heteroatoms. The zero-order chi connectivity index (χ0) is 19.4. The van der Waals surface area contributed by atoms with Crippen LogP contribution in [0.1, 0.15) is 31.1 Å². The van der Waals surface area contributed by atoms with Crippen molar-refractivity contribution in [1.29, 1.82) is 0 Å². The van der Waals surface area contributed by atoms with E-state index in [-0.39, 0.29) is 18.8 Å². The van der Waals surface area contributed by atoms with Crippen LogP contribution in [0.3, 0.4) is 0 Å². The van der Waals surface area contributed by atoms with Gasteiger partial charge in [-0.05, 0) is 39.0 Å². The molecule has 3 rings (SSSR count). The van der Waals surface area contributed by atoms with Gasteiger partial charge in [-0.2, -0.15) is 0 Å². The van der Waals surface area contributed by atoms with Gasteiger partial charge < -0.3 is 24.4 Å². The highest BCUT2D eigenvalue weighted by Crippen LogP contribution is 2.32. The lowest BCUT2D eigenvalue weighted by molar-refractivity contribution is 0.0147. The Labute approximate surface area is 159 Å². The summed E-state index contributed by atoms with van der Waals surface area (Å²) in [6.45, 7) is 9.85. The van der Waals surface area contributed by atoms with Gasteiger partial charge in [0.05, 0.1) is 0 Å². The second-order valence-electron chi connectivity index (χ2n) is 7.63. The van der Waals surface area contributed by atoms with E-state index in [9.17, 15) is 9.59 Å². The van der Waals surface area contributed by atoms with E-state index in [1.165, 1.54) is 0 Å². The standard InChI is InChI=1S/C19H27N3O5/c1-19(2,3)27-18(24)22-10-8-21(9-11-22)7-6-20-17(23)14-4-5-15-16(12-14)26-13-25-15/h4-5,12H,6-11,13H2,1-3H3,(H,20,23). The molecular weight excluding hydrogens is 350 g/mol. The first-order chi connectivity index (χ1) is 12.8. The van der Waals surface area contributed by atoms with Crippen LogP contribution in [0.15, 0.2) is 18.2 Å². The number of benzene rings is 1. The number of amides is 2. The third kappa shape index (κ3) is 5.26. The van der Waals surface area contributed by atoms with Crippen molar-refractivity contribution in [2.75, 3.05) is 46.1 Å². The van der Waals surface area contributed by atoms with Crippen LogP contribution in [0, 0.1) is 0 Å². The summed E-state index contributed by atoms with van der Waals surface area (Å²) in [6.07, 6.45) is -0.265. The van der Waals surface area contributed by atoms with Gasteiger partial charge in [0.15, 0.2) is 11.5 Å². The van der Waals surface area contributed by atoms with E-state index in [0.29, 0.717) is 36.7 Å². The number of hydrogen-bond donors (Lipinski definition) is 1. The van der Waals surface area contributed by atoms with Crippen molar-refractivity contribution in [3.8, 4) is 11.5 Å². The molecule has 27 heavy (non-hydrogen) atoms. The molecule has 1 saturated heterocycles. The monoisotopic (exact) mass is 377 g/mol. The Balaban J connectivity index is 1.38. The van der Waals surface area contributed by atoms with Crippen LogP contribution < -0.4 is 14.8 Å². The molecule has 2 aliphatic rings. The van der Waals surface area contributed by atoms with Crippen molar-refractivity contribution < 1.29 is 23.8 Å². The average Bonchev–Trinajstić information content (AvgIpc) is 3.08. The minimum Gasteiger partial charge on any atom is -0.454 e. The molecule has 0 atom stereocenters. The summed E-state index contributed by atoms with van der Waals surface area (Å²) in [7, 11) is 0. The molecule has 1 aromatic rings. The maximum absolute atomic E-state index is 12.3. The number of nitrogens with one attached hydrogen (secondary N) is 1. The van der Waals surface area contributed by atoms with E-state index >= 15 is 0 Å². The quantitative estimate of drug-likeness (QED) is 0.860. The van der Waals surface area contributed by atoms with Crippen LogP contribution in [0.4, 0.5) is 4.79 Å². The van der Waals surface area contributed by atoms with Gasteiger partial charge in [-0.25, -0.2) is 4.79 Å². The molecule has 0 aliphatic carbocycles. The van der Waals surface area contributed by atoms with Crippen LogP contribution in [-0.2, 0) is 4.74 Å². The summed E-state index contributed by atoms with van der Waals surface area (Å²) in [5.41, 5.74) is 0.0710. The predicted molar refractivity (Wildman–Crippen MR) is 99.1 cm³/mol. The first kappa shape index (κ1) is 19.3. The Morgan fingerprint density at radius 1 is 1.11 bits per heavy atom. The Bertz CT molecular complexity index is 693. The second kappa shape index (κ2) is 8.04. The number of carbonyl (C=O) groups is 2. The molecule has 1 aromatic carbocycles. The van der Waals surface area contributed by atoms with Gasteiger partial charge >= 0.3 is 6.09 Å². The molecule has 0 aromatic heterocycles. The first-order valence-electron chi connectivity index (χ1n) is 9.20. The Kier molecular flexibility index (Phi) is 5.74. The van der Waals surface area contributed by atoms with Crippen molar-refractivity contribution in [2.45, 2.75) is 26.4 Å². The smallest absolute Gasteiger partial charge is 0.410 e. The Hall–Kier alpha value is -2.48. The van der Waals surface area contributed by atoms with Crippen LogP contribution in [0.5, 0.6) is 11.5 Å². The molecule has 0 spiro atoms. The number of ether oxygens (including phenoxy) is 3. The fourth-order valence-corrected chi connectivity index (χ4v) is 2.95. The molecule has 1 N–H and O–H groups in total. The van der Waals surface area contributed by atoms with Crippen molar-refractivity contribution in [3.05, 3.63) is 23.8 Å². The fraction of sp³-hybridized carbons (Fsp3) is 0.579. The molecule has 0 unspecified atom stereocenters. The normalized spacial score (nSPS) is 16.9. The lowest BCUT2D eigenvalue weighted by atomic mass is 10.2. The van der Waals surface area contributed by atoms with E-state index in [1.54, 1.807) is 23.1 Å². The third-order valence-corrected chi connectivity index (χ3v) is 4.37. The maximum Gasteiger partial charge on any atom is 0.410 e. The highest BCUT2D eigenvalue weighted by molar-refractivity contribution is 5.94. The molecule has 148 valence electrons. The van der Waals surface area contributed by atoms with E-state index in [2.05, 4.69) is 10.2 Å². The number of hydrogen-bond acceptors (Lipinski definition) is 6. The van der Waals surface area contributed by atoms with Crippen LogP contribution in [0.2, 0.25) is 0 Å². The van der Waals surface area contributed by atoms with Gasteiger partial charge in [-0.15, -0.1) is 0 Å². The zero-order valence-electron chi connectivity index (χ0n) is 16.1. The lowest BCUT2D eigenvalue weighted by Gasteiger charge is -2.35. The Morgan fingerprint density at radius 2 is 1.81 bits per heavy atom. The number of fused-ring (bicyclic) bond motifs is 1. The van der Waals surface area contributed by atoms with Gasteiger partial charge in [-0.3, -0.25) is 9.69 Å². The molecular formula is C19H27N3O5. The lowest BCUT2D eigenvalue weighted by Crippen LogP contribution is -2.51. The predicted octanol–water partition coefficient (Wildman–Crippen LogP) is 1.70. The highest BCUT2D eigenvalue weighted by atomic mass is 16.7. The van der Waals surface area contributed by atoms with Crippen LogP contribution in [-0.4, -0.2) is 73.5 Å². The van der Waals surface area contributed by atoms with Gasteiger partial charge in [0, 0.05) is 44.8 Å². The molecule has 0 saturated carbocycles. The van der Waals surface area contributed by atoms with Crippen molar-refractivity contribution in [2.24, 2.45) is 0 Å². The van der Waals surface area contributed by atoms with Crippen LogP contribution >= 0.6 is 0 Å². The second-order valence-corrected chi connectivity index (χ2v) is 7.63. The van der Waals surface area contributed by atoms with Gasteiger partial charge in [0.1, 0.15) is 5.60 Å². The molecule has 0 radical (unpaired) electrons. The summed E-state index contributed by atoms with van der Waals surface area (Å²) in [5.74, 6) is 1.12. The minimum absolute atomic E-state index is 0.138. The van der Waals surface area contributed by atoms with Crippen LogP contribution in [0.25, 0.3) is 0 Å². The van der Waals surface area contributed by atoms with Crippen molar-refractivity contribution in [3.63, 3.8) is 0 Å². The molecule has 2 aliphatic heterocycles. The molecule has 2 amide bonds. The average molecular weight is 377 g/mol. The number of carbonyl (C=O) groups excluding carboxylic acids is 2. The number of nitrogens with zero attached hydrogens (tertiary/aromatic N) is 2. The van der Waals surface area contributed by atoms with E-state index in [1.807, 2.05) is 20.8 Å². The van der Waals surface area contributed by atoms with E-state index < -0.39 is 5.60 Å². The SMILES string of the molecule is CC(C)(C)OC(=O)N1CCN(CCNC(=O)c2ccc3c(c2)OCO3)CC1. The summed E-state index contributed by atoms with van der Waals surface area (Å²) < 4.78 is 15.9. The largest absolute Gasteiger partial charge is 0.454 e.